The van der Waals surface area contributed by atoms with Crippen LogP contribution in [0.2, 0.25) is 0 Å². The van der Waals surface area contributed by atoms with Crippen molar-refractivity contribution in [1.29, 1.82) is 0 Å². The first-order valence-corrected chi connectivity index (χ1v) is 10.5. The van der Waals surface area contributed by atoms with Gasteiger partial charge < -0.3 is 11.2 Å². The van der Waals surface area contributed by atoms with E-state index >= 15 is 0 Å². The van der Waals surface area contributed by atoms with Crippen molar-refractivity contribution < 1.29 is 4.79 Å². The van der Waals surface area contributed by atoms with Crippen LogP contribution in [0.15, 0.2) is 48.0 Å². The molecule has 0 bridgehead atoms. The SMILES string of the molecule is Cc1cnc(C(=O)Nc2cccc(N(N)/C(=N\N)C(C)C)n2)cc1-c1cnn(C2CC2)c1. The summed E-state index contributed by atoms with van der Waals surface area (Å²) in [5, 5.41) is 12.3. The van der Waals surface area contributed by atoms with Crippen molar-refractivity contribution in [3.8, 4) is 11.1 Å². The zero-order chi connectivity index (χ0) is 22.8. The molecule has 0 aliphatic heterocycles. The lowest BCUT2D eigenvalue weighted by Crippen LogP contribution is -2.41. The summed E-state index contributed by atoms with van der Waals surface area (Å²) in [6.45, 7) is 5.81. The molecular weight excluding hydrogens is 406 g/mol. The molecule has 1 fully saturated rings. The largest absolute Gasteiger partial charge is 0.322 e. The van der Waals surface area contributed by atoms with Gasteiger partial charge in [-0.3, -0.25) is 14.5 Å². The van der Waals surface area contributed by atoms with Crippen LogP contribution < -0.4 is 22.0 Å². The smallest absolute Gasteiger partial charge is 0.275 e. The third-order valence-corrected chi connectivity index (χ3v) is 5.29. The summed E-state index contributed by atoms with van der Waals surface area (Å²) in [6.07, 6.45) is 7.86. The molecule has 1 saturated carbocycles. The van der Waals surface area contributed by atoms with Gasteiger partial charge in [0, 0.05) is 23.9 Å². The molecule has 0 aromatic carbocycles. The second-order valence-electron chi connectivity index (χ2n) is 8.17. The Morgan fingerprint density at radius 1 is 1.31 bits per heavy atom. The number of anilines is 2. The lowest BCUT2D eigenvalue weighted by molar-refractivity contribution is 0.102. The van der Waals surface area contributed by atoms with E-state index in [1.807, 2.05) is 37.8 Å². The number of nitrogens with one attached hydrogen (secondary N) is 1. The van der Waals surface area contributed by atoms with Gasteiger partial charge in [-0.2, -0.15) is 10.2 Å². The van der Waals surface area contributed by atoms with Gasteiger partial charge in [0.2, 0.25) is 0 Å². The summed E-state index contributed by atoms with van der Waals surface area (Å²) in [7, 11) is 0. The molecule has 0 spiro atoms. The Morgan fingerprint density at radius 3 is 2.78 bits per heavy atom. The number of aryl methyl sites for hydroxylation is 1. The Bertz CT molecular complexity index is 1160. The zero-order valence-electron chi connectivity index (χ0n) is 18.4. The van der Waals surface area contributed by atoms with E-state index in [0.717, 1.165) is 29.5 Å². The highest BCUT2D eigenvalue weighted by atomic mass is 16.1. The summed E-state index contributed by atoms with van der Waals surface area (Å²) in [5.41, 5.74) is 3.14. The van der Waals surface area contributed by atoms with Gasteiger partial charge in [0.1, 0.15) is 17.3 Å². The van der Waals surface area contributed by atoms with Crippen molar-refractivity contribution >= 4 is 23.4 Å². The summed E-state index contributed by atoms with van der Waals surface area (Å²) in [5.74, 6) is 12.4. The number of carbonyl (C=O) groups is 1. The van der Waals surface area contributed by atoms with E-state index in [-0.39, 0.29) is 17.5 Å². The molecule has 1 aliphatic rings. The Labute approximate surface area is 186 Å². The monoisotopic (exact) mass is 433 g/mol. The Kier molecular flexibility index (Phi) is 5.87. The number of nitrogens with zero attached hydrogens (tertiary/aromatic N) is 6. The van der Waals surface area contributed by atoms with Crippen LogP contribution in [0, 0.1) is 12.8 Å². The maximum atomic E-state index is 12.9. The van der Waals surface area contributed by atoms with Gasteiger partial charge in [0.15, 0.2) is 5.82 Å². The van der Waals surface area contributed by atoms with Crippen LogP contribution in [0.5, 0.6) is 0 Å². The number of nitrogens with two attached hydrogens (primary N) is 2. The summed E-state index contributed by atoms with van der Waals surface area (Å²) in [4.78, 5) is 21.6. The highest BCUT2D eigenvalue weighted by Crippen LogP contribution is 2.35. The van der Waals surface area contributed by atoms with E-state index in [9.17, 15) is 4.79 Å². The number of pyridine rings is 2. The predicted octanol–water partition coefficient (Wildman–Crippen LogP) is 2.84. The van der Waals surface area contributed by atoms with Gasteiger partial charge in [0.05, 0.1) is 12.2 Å². The third kappa shape index (κ3) is 4.45. The number of amides is 1. The molecule has 166 valence electrons. The standard InChI is InChI=1S/C22H27N9O/c1-13(2)21(29-23)31(24)20-6-4-5-19(27-20)28-22(32)18-9-17(14(3)10-25-18)15-11-26-30(12-15)16-7-8-16/h4-6,9-13,16H,7-8,23-24H2,1-3H3,(H,27,28,32)/b29-21-. The number of amidine groups is 1. The second-order valence-corrected chi connectivity index (χ2v) is 8.17. The first-order valence-electron chi connectivity index (χ1n) is 10.5. The topological polar surface area (TPSA) is 140 Å². The van der Waals surface area contributed by atoms with E-state index in [1.54, 1.807) is 30.5 Å². The van der Waals surface area contributed by atoms with E-state index in [1.165, 1.54) is 5.01 Å². The van der Waals surface area contributed by atoms with E-state index in [4.69, 9.17) is 11.7 Å². The van der Waals surface area contributed by atoms with Crippen LogP contribution in [0.1, 0.15) is 48.8 Å². The van der Waals surface area contributed by atoms with Crippen molar-refractivity contribution in [2.75, 3.05) is 10.3 Å². The average Bonchev–Trinajstić information content (AvgIpc) is 3.51. The fourth-order valence-electron chi connectivity index (χ4n) is 3.39. The van der Waals surface area contributed by atoms with Gasteiger partial charge >= 0.3 is 0 Å². The number of hydrogen-bond acceptors (Lipinski definition) is 7. The zero-order valence-corrected chi connectivity index (χ0v) is 18.4. The predicted molar refractivity (Wildman–Crippen MR) is 124 cm³/mol. The molecule has 0 saturated heterocycles. The molecule has 0 radical (unpaired) electrons. The van der Waals surface area contributed by atoms with Crippen LogP contribution in [-0.2, 0) is 0 Å². The van der Waals surface area contributed by atoms with Crippen LogP contribution in [0.3, 0.4) is 0 Å². The first kappa shape index (κ1) is 21.4. The Balaban J connectivity index is 1.54. The van der Waals surface area contributed by atoms with Crippen molar-refractivity contribution in [2.24, 2.45) is 22.7 Å². The lowest BCUT2D eigenvalue weighted by Gasteiger charge is -2.21. The van der Waals surface area contributed by atoms with Crippen LogP contribution >= 0.6 is 0 Å². The van der Waals surface area contributed by atoms with Crippen molar-refractivity contribution in [1.82, 2.24) is 19.7 Å². The summed E-state index contributed by atoms with van der Waals surface area (Å²) >= 11 is 0. The molecule has 4 rings (SSSR count). The van der Waals surface area contributed by atoms with Crippen molar-refractivity contribution in [3.63, 3.8) is 0 Å². The molecule has 3 aromatic heterocycles. The molecule has 0 atom stereocenters. The number of hydrogen-bond donors (Lipinski definition) is 3. The number of aromatic nitrogens is 4. The quantitative estimate of drug-likeness (QED) is 0.235. The number of carbonyl (C=O) groups excluding carboxylic acids is 1. The van der Waals surface area contributed by atoms with Crippen LogP contribution in [-0.4, -0.2) is 31.5 Å². The number of hydrazone groups is 1. The molecule has 3 heterocycles. The maximum absolute atomic E-state index is 12.9. The molecule has 1 aliphatic carbocycles. The third-order valence-electron chi connectivity index (χ3n) is 5.29. The molecule has 5 N–H and O–H groups in total. The Morgan fingerprint density at radius 2 is 2.09 bits per heavy atom. The maximum Gasteiger partial charge on any atom is 0.275 e. The molecule has 10 nitrogen and oxygen atoms in total. The minimum Gasteiger partial charge on any atom is -0.322 e. The van der Waals surface area contributed by atoms with Crippen LogP contribution in [0.4, 0.5) is 11.6 Å². The summed E-state index contributed by atoms with van der Waals surface area (Å²) in [6, 6.07) is 7.40. The fourth-order valence-corrected chi connectivity index (χ4v) is 3.39. The molecule has 32 heavy (non-hydrogen) atoms. The van der Waals surface area contributed by atoms with E-state index in [2.05, 4.69) is 25.5 Å². The lowest BCUT2D eigenvalue weighted by atomic mass is 10.0. The van der Waals surface area contributed by atoms with Crippen molar-refractivity contribution in [3.05, 3.63) is 54.1 Å². The van der Waals surface area contributed by atoms with Gasteiger partial charge in [-0.1, -0.05) is 19.9 Å². The Hall–Kier alpha value is -3.79. The van der Waals surface area contributed by atoms with Crippen molar-refractivity contribution in [2.45, 2.75) is 39.7 Å². The van der Waals surface area contributed by atoms with Gasteiger partial charge in [-0.25, -0.2) is 15.8 Å². The highest BCUT2D eigenvalue weighted by Gasteiger charge is 2.24. The van der Waals surface area contributed by atoms with Gasteiger partial charge in [-0.15, -0.1) is 0 Å². The van der Waals surface area contributed by atoms with Crippen LogP contribution in [0.25, 0.3) is 11.1 Å². The minimum atomic E-state index is -0.370. The number of rotatable bonds is 6. The summed E-state index contributed by atoms with van der Waals surface area (Å²) < 4.78 is 1.99. The average molecular weight is 434 g/mol. The molecule has 1 amide bonds. The number of hydrazine groups is 1. The van der Waals surface area contributed by atoms with Gasteiger partial charge in [0.25, 0.3) is 5.91 Å². The minimum absolute atomic E-state index is 0.00416. The molecular formula is C22H27N9O. The van der Waals surface area contributed by atoms with E-state index in [0.29, 0.717) is 23.5 Å². The first-order chi connectivity index (χ1) is 15.4. The van der Waals surface area contributed by atoms with E-state index < -0.39 is 0 Å². The molecule has 0 unspecified atom stereocenters. The highest BCUT2D eigenvalue weighted by molar-refractivity contribution is 6.03. The fraction of sp³-hybridized carbons (Fsp3) is 0.318. The second kappa shape index (κ2) is 8.75. The van der Waals surface area contributed by atoms with Gasteiger partial charge in [-0.05, 0) is 49.1 Å². The normalized spacial score (nSPS) is 14.0. The molecule has 10 heteroatoms. The molecule has 3 aromatic rings.